The second-order valence-corrected chi connectivity index (χ2v) is 4.92. The summed E-state index contributed by atoms with van der Waals surface area (Å²) in [6.45, 7) is 2.58. The molecule has 0 unspecified atom stereocenters. The van der Waals surface area contributed by atoms with Crippen LogP contribution in [0.25, 0.3) is 0 Å². The predicted molar refractivity (Wildman–Crippen MR) is 68.3 cm³/mol. The highest BCUT2D eigenvalue weighted by atomic mass is 35.5. The molecule has 0 atom stereocenters. The quantitative estimate of drug-likeness (QED) is 0.822. The van der Waals surface area contributed by atoms with E-state index in [2.05, 4.69) is 22.2 Å². The fraction of sp³-hybridized carbons (Fsp3) is 0.667. The van der Waals surface area contributed by atoms with Crippen molar-refractivity contribution in [3.8, 4) is 0 Å². The van der Waals surface area contributed by atoms with E-state index < -0.39 is 0 Å². The van der Waals surface area contributed by atoms with Crippen molar-refractivity contribution in [3.63, 3.8) is 0 Å². The molecule has 1 aliphatic rings. The summed E-state index contributed by atoms with van der Waals surface area (Å²) in [5.74, 6) is 1.42. The van der Waals surface area contributed by atoms with E-state index in [1.54, 1.807) is 13.2 Å². The molecule has 1 fully saturated rings. The van der Waals surface area contributed by atoms with Gasteiger partial charge in [0.2, 0.25) is 0 Å². The van der Waals surface area contributed by atoms with Gasteiger partial charge in [0.1, 0.15) is 17.6 Å². The molecule has 0 saturated heterocycles. The van der Waals surface area contributed by atoms with Crippen LogP contribution in [0.5, 0.6) is 0 Å². The molecule has 2 rings (SSSR count). The van der Waals surface area contributed by atoms with Crippen LogP contribution in [0, 0.1) is 0 Å². The highest BCUT2D eigenvalue weighted by Gasteiger charge is 2.35. The van der Waals surface area contributed by atoms with Crippen LogP contribution in [-0.2, 0) is 11.3 Å². The number of methoxy groups -OCH3 is 1. The van der Waals surface area contributed by atoms with Gasteiger partial charge in [-0.1, -0.05) is 18.5 Å². The van der Waals surface area contributed by atoms with E-state index in [4.69, 9.17) is 16.3 Å². The van der Waals surface area contributed by atoms with Crippen molar-refractivity contribution in [1.29, 1.82) is 0 Å². The minimum Gasteiger partial charge on any atom is -0.377 e. The lowest BCUT2D eigenvalue weighted by molar-refractivity contribution is 0.177. The minimum atomic E-state index is 0.210. The molecule has 1 aliphatic carbocycles. The number of anilines is 1. The van der Waals surface area contributed by atoms with Crippen LogP contribution >= 0.6 is 11.6 Å². The second-order valence-electron chi connectivity index (χ2n) is 4.54. The van der Waals surface area contributed by atoms with Gasteiger partial charge in [0.15, 0.2) is 5.82 Å². The summed E-state index contributed by atoms with van der Waals surface area (Å²) < 4.78 is 5.02. The van der Waals surface area contributed by atoms with Gasteiger partial charge in [-0.25, -0.2) is 9.97 Å². The van der Waals surface area contributed by atoms with Gasteiger partial charge in [0.25, 0.3) is 0 Å². The van der Waals surface area contributed by atoms with E-state index in [1.807, 2.05) is 0 Å². The van der Waals surface area contributed by atoms with Crippen molar-refractivity contribution in [3.05, 3.63) is 17.0 Å². The molecular weight excluding hydrogens is 238 g/mol. The largest absolute Gasteiger partial charge is 0.377 e. The molecule has 17 heavy (non-hydrogen) atoms. The van der Waals surface area contributed by atoms with E-state index in [1.165, 1.54) is 19.3 Å². The van der Waals surface area contributed by atoms with Crippen molar-refractivity contribution >= 4 is 17.4 Å². The monoisotopic (exact) mass is 255 g/mol. The first-order chi connectivity index (χ1) is 8.17. The third-order valence-electron chi connectivity index (χ3n) is 3.40. The van der Waals surface area contributed by atoms with E-state index in [0.717, 1.165) is 12.2 Å². The van der Waals surface area contributed by atoms with E-state index in [-0.39, 0.29) is 5.54 Å². The Hall–Kier alpha value is -0.870. The van der Waals surface area contributed by atoms with Crippen LogP contribution in [-0.4, -0.2) is 22.6 Å². The van der Waals surface area contributed by atoms with Crippen molar-refractivity contribution in [1.82, 2.24) is 9.97 Å². The Bertz CT molecular complexity index is 388. The van der Waals surface area contributed by atoms with Crippen molar-refractivity contribution in [2.45, 2.75) is 44.8 Å². The molecule has 1 saturated carbocycles. The van der Waals surface area contributed by atoms with E-state index in [9.17, 15) is 0 Å². The summed E-state index contributed by atoms with van der Waals surface area (Å²) in [4.78, 5) is 8.52. The second kappa shape index (κ2) is 5.19. The van der Waals surface area contributed by atoms with Gasteiger partial charge >= 0.3 is 0 Å². The van der Waals surface area contributed by atoms with Crippen LogP contribution in [0.2, 0.25) is 5.15 Å². The normalized spacial score (nSPS) is 17.6. The lowest BCUT2D eigenvalue weighted by Crippen LogP contribution is -2.44. The van der Waals surface area contributed by atoms with Gasteiger partial charge in [-0.2, -0.15) is 0 Å². The molecule has 0 bridgehead atoms. The van der Waals surface area contributed by atoms with Gasteiger partial charge in [-0.15, -0.1) is 0 Å². The molecule has 0 radical (unpaired) electrons. The first kappa shape index (κ1) is 12.6. The first-order valence-corrected chi connectivity index (χ1v) is 6.36. The molecular formula is C12H18ClN3O. The molecule has 1 aromatic rings. The van der Waals surface area contributed by atoms with Crippen molar-refractivity contribution < 1.29 is 4.74 Å². The Kier molecular flexibility index (Phi) is 3.84. The maximum atomic E-state index is 5.97. The number of hydrogen-bond donors (Lipinski definition) is 1. The van der Waals surface area contributed by atoms with Gasteiger partial charge in [0, 0.05) is 18.7 Å². The summed E-state index contributed by atoms with van der Waals surface area (Å²) in [5, 5.41) is 3.95. The Balaban J connectivity index is 2.14. The zero-order valence-electron chi connectivity index (χ0n) is 10.3. The average molecular weight is 256 g/mol. The molecule has 1 aromatic heterocycles. The van der Waals surface area contributed by atoms with Crippen LogP contribution < -0.4 is 5.32 Å². The average Bonchev–Trinajstić information content (AvgIpc) is 2.23. The molecule has 0 aromatic carbocycles. The molecule has 1 N–H and O–H groups in total. The lowest BCUT2D eigenvalue weighted by Gasteiger charge is -2.42. The summed E-state index contributed by atoms with van der Waals surface area (Å²) >= 11 is 5.97. The summed E-state index contributed by atoms with van der Waals surface area (Å²) in [6, 6.07) is 1.77. The molecule has 0 amide bonds. The predicted octanol–water partition coefficient (Wildman–Crippen LogP) is 3.02. The van der Waals surface area contributed by atoms with Crippen LogP contribution in [0.4, 0.5) is 5.82 Å². The summed E-state index contributed by atoms with van der Waals surface area (Å²) in [7, 11) is 1.62. The Morgan fingerprint density at radius 3 is 2.76 bits per heavy atom. The van der Waals surface area contributed by atoms with Crippen molar-refractivity contribution in [2.24, 2.45) is 0 Å². The third kappa shape index (κ3) is 2.87. The molecule has 0 aliphatic heterocycles. The number of ether oxygens (including phenoxy) is 1. The number of halogens is 1. The maximum Gasteiger partial charge on any atom is 0.158 e. The Morgan fingerprint density at radius 2 is 2.24 bits per heavy atom. The smallest absolute Gasteiger partial charge is 0.158 e. The zero-order chi connectivity index (χ0) is 12.3. The number of nitrogens with one attached hydrogen (secondary N) is 1. The van der Waals surface area contributed by atoms with Crippen LogP contribution in [0.15, 0.2) is 6.07 Å². The first-order valence-electron chi connectivity index (χ1n) is 5.98. The summed E-state index contributed by atoms with van der Waals surface area (Å²) in [5.41, 5.74) is 0.210. The lowest BCUT2D eigenvalue weighted by atomic mass is 9.75. The SMILES string of the molecule is CCC1(Nc2cc(Cl)nc(COC)n2)CCC1. The Morgan fingerprint density at radius 1 is 1.47 bits per heavy atom. The number of aromatic nitrogens is 2. The van der Waals surface area contributed by atoms with E-state index >= 15 is 0 Å². The minimum absolute atomic E-state index is 0.210. The fourth-order valence-electron chi connectivity index (χ4n) is 2.16. The van der Waals surface area contributed by atoms with Gasteiger partial charge in [-0.3, -0.25) is 0 Å². The number of rotatable bonds is 5. The molecule has 4 nitrogen and oxygen atoms in total. The number of nitrogens with zero attached hydrogens (tertiary/aromatic N) is 2. The molecule has 1 heterocycles. The van der Waals surface area contributed by atoms with E-state index in [0.29, 0.717) is 17.6 Å². The van der Waals surface area contributed by atoms with Crippen LogP contribution in [0.3, 0.4) is 0 Å². The Labute approximate surface area is 107 Å². The topological polar surface area (TPSA) is 47.0 Å². The maximum absolute atomic E-state index is 5.97. The highest BCUT2D eigenvalue weighted by Crippen LogP contribution is 2.37. The molecule has 0 spiro atoms. The highest BCUT2D eigenvalue weighted by molar-refractivity contribution is 6.29. The zero-order valence-corrected chi connectivity index (χ0v) is 11.0. The van der Waals surface area contributed by atoms with Crippen LogP contribution in [0.1, 0.15) is 38.4 Å². The van der Waals surface area contributed by atoms with Gasteiger partial charge < -0.3 is 10.1 Å². The standard InChI is InChI=1S/C12H18ClN3O/c1-3-12(5-4-6-12)16-10-7-9(13)14-11(15-10)8-17-2/h7H,3-6,8H2,1-2H3,(H,14,15,16). The third-order valence-corrected chi connectivity index (χ3v) is 3.59. The summed E-state index contributed by atoms with van der Waals surface area (Å²) in [6.07, 6.45) is 4.79. The molecule has 94 valence electrons. The van der Waals surface area contributed by atoms with Gasteiger partial charge in [-0.05, 0) is 25.7 Å². The number of hydrogen-bond acceptors (Lipinski definition) is 4. The van der Waals surface area contributed by atoms with Crippen molar-refractivity contribution in [2.75, 3.05) is 12.4 Å². The fourth-order valence-corrected chi connectivity index (χ4v) is 2.37. The molecule has 5 heteroatoms. The van der Waals surface area contributed by atoms with Gasteiger partial charge in [0.05, 0.1) is 0 Å².